The molecule has 0 unspecified atom stereocenters. The summed E-state index contributed by atoms with van der Waals surface area (Å²) in [6, 6.07) is 15.8. The van der Waals surface area contributed by atoms with Gasteiger partial charge in [0.05, 0.1) is 12.1 Å². The highest BCUT2D eigenvalue weighted by Crippen LogP contribution is 2.33. The van der Waals surface area contributed by atoms with Crippen molar-refractivity contribution in [2.45, 2.75) is 11.4 Å². The molecule has 1 aliphatic rings. The highest BCUT2D eigenvalue weighted by Gasteiger charge is 2.41. The fraction of sp³-hybridized carbons (Fsp3) is 0.0526. The van der Waals surface area contributed by atoms with Crippen LogP contribution in [-0.4, -0.2) is 23.6 Å². The summed E-state index contributed by atoms with van der Waals surface area (Å²) in [5.41, 5.74) is 1.58. The minimum Gasteiger partial charge on any atom is -0.454 e. The fourth-order valence-electron chi connectivity index (χ4n) is 3.11. The van der Waals surface area contributed by atoms with Crippen molar-refractivity contribution in [1.82, 2.24) is 9.29 Å². The molecule has 3 heterocycles. The van der Waals surface area contributed by atoms with Crippen LogP contribution in [0.25, 0.3) is 22.4 Å². The number of nitrogens with zero attached hydrogens (tertiary/aromatic N) is 2. The van der Waals surface area contributed by atoms with Gasteiger partial charge in [-0.05, 0) is 24.3 Å². The lowest BCUT2D eigenvalue weighted by Crippen LogP contribution is -2.29. The van der Waals surface area contributed by atoms with Crippen molar-refractivity contribution < 1.29 is 17.6 Å². The molecule has 0 atom stereocenters. The van der Waals surface area contributed by atoms with E-state index in [-0.39, 0.29) is 17.0 Å². The molecule has 0 fully saturated rings. The molecule has 0 saturated carbocycles. The second-order valence-electron chi connectivity index (χ2n) is 6.09. The Balaban J connectivity index is 1.47. The molecule has 8 heteroatoms. The van der Waals surface area contributed by atoms with E-state index >= 15 is 0 Å². The lowest BCUT2D eigenvalue weighted by molar-refractivity contribution is 0.0865. The van der Waals surface area contributed by atoms with Gasteiger partial charge in [-0.15, -0.1) is 11.3 Å². The van der Waals surface area contributed by atoms with E-state index in [1.807, 2.05) is 30.3 Å². The molecule has 4 aromatic rings. The molecule has 134 valence electrons. The number of amides is 1. The van der Waals surface area contributed by atoms with Crippen LogP contribution < -0.4 is 0 Å². The van der Waals surface area contributed by atoms with E-state index in [4.69, 9.17) is 4.42 Å². The molecular weight excluding hydrogens is 384 g/mol. The van der Waals surface area contributed by atoms with Crippen LogP contribution in [0.2, 0.25) is 0 Å². The number of furan rings is 1. The van der Waals surface area contributed by atoms with Crippen molar-refractivity contribution >= 4 is 38.2 Å². The van der Waals surface area contributed by atoms with Gasteiger partial charge < -0.3 is 4.42 Å². The molecule has 2 aromatic heterocycles. The van der Waals surface area contributed by atoms with Crippen molar-refractivity contribution in [3.05, 3.63) is 70.5 Å². The van der Waals surface area contributed by atoms with Gasteiger partial charge in [0, 0.05) is 10.8 Å². The molecule has 0 N–H and O–H groups in total. The molecule has 0 saturated heterocycles. The first-order chi connectivity index (χ1) is 13.0. The Bertz CT molecular complexity index is 1270. The number of aromatic nitrogens is 1. The van der Waals surface area contributed by atoms with E-state index in [1.54, 1.807) is 17.5 Å². The summed E-state index contributed by atoms with van der Waals surface area (Å²) in [4.78, 5) is 17.0. The number of hydrogen-bond acceptors (Lipinski definition) is 6. The number of carbonyl (C=O) groups excluding carboxylic acids is 1. The summed E-state index contributed by atoms with van der Waals surface area (Å²) in [7, 11) is -3.84. The zero-order valence-electron chi connectivity index (χ0n) is 13.8. The van der Waals surface area contributed by atoms with E-state index < -0.39 is 15.9 Å². The number of thiazole rings is 1. The van der Waals surface area contributed by atoms with Crippen LogP contribution in [0.1, 0.15) is 15.4 Å². The van der Waals surface area contributed by atoms with Crippen LogP contribution in [0, 0.1) is 0 Å². The molecule has 0 radical (unpaired) electrons. The molecule has 0 bridgehead atoms. The van der Waals surface area contributed by atoms with Gasteiger partial charge >= 0.3 is 0 Å². The molecule has 1 aliphatic heterocycles. The first-order valence-corrected chi connectivity index (χ1v) is 10.5. The second-order valence-corrected chi connectivity index (χ2v) is 8.86. The van der Waals surface area contributed by atoms with Crippen molar-refractivity contribution in [2.24, 2.45) is 0 Å². The number of hydrogen-bond donors (Lipinski definition) is 0. The predicted octanol–water partition coefficient (Wildman–Crippen LogP) is 3.90. The number of para-hydroxylation sites is 1. The van der Waals surface area contributed by atoms with E-state index in [1.165, 1.54) is 23.5 Å². The van der Waals surface area contributed by atoms with Crippen LogP contribution in [0.4, 0.5) is 0 Å². The normalized spacial score (nSPS) is 15.4. The number of rotatable bonds is 3. The van der Waals surface area contributed by atoms with Gasteiger partial charge in [0.25, 0.3) is 15.9 Å². The van der Waals surface area contributed by atoms with Gasteiger partial charge in [-0.2, -0.15) is 0 Å². The average Bonchev–Trinajstić information content (AvgIpc) is 3.35. The largest absolute Gasteiger partial charge is 0.454 e. The van der Waals surface area contributed by atoms with Crippen LogP contribution in [0.3, 0.4) is 0 Å². The van der Waals surface area contributed by atoms with E-state index in [9.17, 15) is 13.2 Å². The maximum absolute atomic E-state index is 12.7. The van der Waals surface area contributed by atoms with Gasteiger partial charge in [-0.3, -0.25) is 4.79 Å². The predicted molar refractivity (Wildman–Crippen MR) is 101 cm³/mol. The van der Waals surface area contributed by atoms with Crippen molar-refractivity contribution in [1.29, 1.82) is 0 Å². The highest BCUT2D eigenvalue weighted by molar-refractivity contribution is 7.90. The molecule has 2 aromatic carbocycles. The second kappa shape index (κ2) is 5.77. The van der Waals surface area contributed by atoms with Gasteiger partial charge in [-0.25, -0.2) is 17.7 Å². The van der Waals surface area contributed by atoms with Crippen molar-refractivity contribution in [2.75, 3.05) is 0 Å². The lowest BCUT2D eigenvalue weighted by atomic mass is 10.2. The van der Waals surface area contributed by atoms with E-state index in [0.717, 1.165) is 15.3 Å². The van der Waals surface area contributed by atoms with E-state index in [2.05, 4.69) is 4.98 Å². The first-order valence-electron chi connectivity index (χ1n) is 8.13. The molecule has 0 aliphatic carbocycles. The summed E-state index contributed by atoms with van der Waals surface area (Å²) < 4.78 is 32.0. The maximum Gasteiger partial charge on any atom is 0.269 e. The lowest BCUT2D eigenvalue weighted by Gasteiger charge is -2.12. The molecule has 1 amide bonds. The van der Waals surface area contributed by atoms with Crippen LogP contribution >= 0.6 is 11.3 Å². The molecular formula is C19H12N2O4S2. The summed E-state index contributed by atoms with van der Waals surface area (Å²) in [5.74, 6) is 0.0867. The first kappa shape index (κ1) is 16.2. The van der Waals surface area contributed by atoms with Crippen molar-refractivity contribution in [3.63, 3.8) is 0 Å². The average molecular weight is 396 g/mol. The van der Waals surface area contributed by atoms with Gasteiger partial charge in [0.2, 0.25) is 0 Å². The van der Waals surface area contributed by atoms with Crippen molar-refractivity contribution in [3.8, 4) is 11.5 Å². The summed E-state index contributed by atoms with van der Waals surface area (Å²) >= 11 is 1.29. The highest BCUT2D eigenvalue weighted by atomic mass is 32.2. The number of sulfonamides is 1. The number of benzene rings is 2. The Morgan fingerprint density at radius 1 is 1.07 bits per heavy atom. The Hall–Kier alpha value is -2.97. The van der Waals surface area contributed by atoms with Gasteiger partial charge in [0.1, 0.15) is 21.2 Å². The third-order valence-electron chi connectivity index (χ3n) is 4.42. The van der Waals surface area contributed by atoms with Crippen LogP contribution in [0.15, 0.2) is 69.3 Å². The maximum atomic E-state index is 12.7. The molecule has 5 rings (SSSR count). The van der Waals surface area contributed by atoms with Gasteiger partial charge in [0.15, 0.2) is 5.76 Å². The van der Waals surface area contributed by atoms with Gasteiger partial charge in [-0.1, -0.05) is 30.3 Å². The van der Waals surface area contributed by atoms with Crippen LogP contribution in [0.5, 0.6) is 0 Å². The Morgan fingerprint density at radius 2 is 1.85 bits per heavy atom. The number of fused-ring (bicyclic) bond motifs is 2. The molecule has 27 heavy (non-hydrogen) atoms. The fourth-order valence-corrected chi connectivity index (χ4v) is 5.50. The summed E-state index contributed by atoms with van der Waals surface area (Å²) in [6.45, 7) is -0.0965. The monoisotopic (exact) mass is 396 g/mol. The molecule has 6 nitrogen and oxygen atoms in total. The minimum absolute atomic E-state index is 0.0454. The minimum atomic E-state index is -3.84. The third kappa shape index (κ3) is 2.48. The zero-order valence-corrected chi connectivity index (χ0v) is 15.5. The quantitative estimate of drug-likeness (QED) is 0.525. The molecule has 0 spiro atoms. The zero-order chi connectivity index (χ0) is 18.6. The third-order valence-corrected chi connectivity index (χ3v) is 7.04. The SMILES string of the molecule is O=C1c2ccccc2S(=O)(=O)N1Cc1nc(-c2cc3ccccc3o2)cs1. The smallest absolute Gasteiger partial charge is 0.269 e. The summed E-state index contributed by atoms with van der Waals surface area (Å²) in [6.07, 6.45) is 0. The Labute approximate surface area is 158 Å². The number of carbonyl (C=O) groups is 1. The van der Waals surface area contributed by atoms with E-state index in [0.29, 0.717) is 16.5 Å². The standard InChI is InChI=1S/C19H12N2O4S2/c22-19-13-6-2-4-8-17(13)27(23,24)21(19)10-18-20-14(11-26-18)16-9-12-5-1-3-7-15(12)25-16/h1-9,11H,10H2. The summed E-state index contributed by atoms with van der Waals surface area (Å²) in [5, 5.41) is 3.29. The Kier molecular flexibility index (Phi) is 3.46. The van der Waals surface area contributed by atoms with Crippen LogP contribution in [-0.2, 0) is 16.6 Å². The topological polar surface area (TPSA) is 80.5 Å². The Morgan fingerprint density at radius 3 is 2.67 bits per heavy atom.